The highest BCUT2D eigenvalue weighted by Crippen LogP contribution is 2.41. The average Bonchev–Trinajstić information content (AvgIpc) is 2.89. The highest BCUT2D eigenvalue weighted by atomic mass is 16.5. The minimum Gasteiger partial charge on any atom is -0.367 e. The Morgan fingerprint density at radius 2 is 2.10 bits per heavy atom. The molecule has 0 amide bonds. The molecule has 0 spiro atoms. The molecule has 1 aliphatic rings. The fourth-order valence-electron chi connectivity index (χ4n) is 2.71. The predicted octanol–water partition coefficient (Wildman–Crippen LogP) is 3.58. The van der Waals surface area contributed by atoms with Gasteiger partial charge in [-0.1, -0.05) is 25.9 Å². The van der Waals surface area contributed by atoms with Crippen LogP contribution in [0.4, 0.5) is 6.01 Å². The van der Waals surface area contributed by atoms with E-state index >= 15 is 0 Å². The van der Waals surface area contributed by atoms with E-state index in [1.54, 1.807) is 0 Å². The number of aromatic nitrogens is 2. The van der Waals surface area contributed by atoms with Crippen molar-refractivity contribution in [3.05, 3.63) is 5.82 Å². The van der Waals surface area contributed by atoms with Gasteiger partial charge in [0.2, 0.25) is 5.82 Å². The highest BCUT2D eigenvalue weighted by Gasteiger charge is 2.40. The Morgan fingerprint density at radius 1 is 1.40 bits per heavy atom. The minimum atomic E-state index is -0.345. The summed E-state index contributed by atoms with van der Waals surface area (Å²) < 4.78 is 11.3. The first-order valence-electron chi connectivity index (χ1n) is 7.77. The Labute approximate surface area is 121 Å². The van der Waals surface area contributed by atoms with E-state index < -0.39 is 0 Å². The standard InChI is InChI=1S/C15H27N3O2/c1-5-19-15(8-6-12(4)7-9-15)13-17-14(20-18-13)16-10-11(2)3/h11-12H,5-10H2,1-4H3,(H,16,17,18). The Balaban J connectivity index is 2.09. The van der Waals surface area contributed by atoms with Gasteiger partial charge in [-0.05, 0) is 44.4 Å². The summed E-state index contributed by atoms with van der Waals surface area (Å²) >= 11 is 0. The van der Waals surface area contributed by atoms with E-state index in [4.69, 9.17) is 9.26 Å². The number of hydrogen-bond donors (Lipinski definition) is 1. The van der Waals surface area contributed by atoms with Gasteiger partial charge in [0, 0.05) is 13.2 Å². The zero-order valence-corrected chi connectivity index (χ0v) is 13.1. The van der Waals surface area contributed by atoms with Crippen molar-refractivity contribution >= 4 is 6.01 Å². The zero-order valence-electron chi connectivity index (χ0n) is 13.1. The van der Waals surface area contributed by atoms with Crippen molar-refractivity contribution in [3.63, 3.8) is 0 Å². The first-order valence-corrected chi connectivity index (χ1v) is 7.77. The van der Waals surface area contributed by atoms with Crippen LogP contribution in [-0.4, -0.2) is 23.3 Å². The normalized spacial score (nSPS) is 26.9. The molecule has 0 radical (unpaired) electrons. The van der Waals surface area contributed by atoms with E-state index in [0.29, 0.717) is 24.4 Å². The monoisotopic (exact) mass is 281 g/mol. The molecule has 5 nitrogen and oxygen atoms in total. The van der Waals surface area contributed by atoms with E-state index in [2.05, 4.69) is 36.2 Å². The minimum absolute atomic E-state index is 0.345. The third kappa shape index (κ3) is 3.51. The molecule has 1 aliphatic carbocycles. The molecule has 1 N–H and O–H groups in total. The summed E-state index contributed by atoms with van der Waals surface area (Å²) in [5.41, 5.74) is -0.345. The van der Waals surface area contributed by atoms with Crippen molar-refractivity contribution in [1.82, 2.24) is 10.1 Å². The van der Waals surface area contributed by atoms with E-state index in [9.17, 15) is 0 Å². The van der Waals surface area contributed by atoms with Gasteiger partial charge in [-0.3, -0.25) is 0 Å². The second-order valence-corrected chi connectivity index (χ2v) is 6.31. The first kappa shape index (κ1) is 15.3. The van der Waals surface area contributed by atoms with Gasteiger partial charge in [-0.2, -0.15) is 4.98 Å². The van der Waals surface area contributed by atoms with Gasteiger partial charge in [0.05, 0.1) is 0 Å². The van der Waals surface area contributed by atoms with E-state index in [0.717, 1.165) is 38.1 Å². The van der Waals surface area contributed by atoms with Gasteiger partial charge >= 0.3 is 6.01 Å². The van der Waals surface area contributed by atoms with Gasteiger partial charge in [0.15, 0.2) is 0 Å². The quantitative estimate of drug-likeness (QED) is 0.863. The number of anilines is 1. The highest BCUT2D eigenvalue weighted by molar-refractivity contribution is 5.20. The van der Waals surface area contributed by atoms with Crippen LogP contribution in [0.1, 0.15) is 59.2 Å². The van der Waals surface area contributed by atoms with Gasteiger partial charge < -0.3 is 14.6 Å². The van der Waals surface area contributed by atoms with Crippen molar-refractivity contribution in [3.8, 4) is 0 Å². The number of rotatable bonds is 6. The summed E-state index contributed by atoms with van der Waals surface area (Å²) in [7, 11) is 0. The average molecular weight is 281 g/mol. The summed E-state index contributed by atoms with van der Waals surface area (Å²) in [5.74, 6) is 2.01. The van der Waals surface area contributed by atoms with Crippen LogP contribution in [0.2, 0.25) is 0 Å². The van der Waals surface area contributed by atoms with Crippen LogP contribution in [0, 0.1) is 11.8 Å². The van der Waals surface area contributed by atoms with Gasteiger partial charge in [-0.15, -0.1) is 0 Å². The molecule has 0 aromatic carbocycles. The van der Waals surface area contributed by atoms with Crippen LogP contribution in [0.15, 0.2) is 4.52 Å². The van der Waals surface area contributed by atoms with E-state index in [-0.39, 0.29) is 5.60 Å². The lowest BCUT2D eigenvalue weighted by Crippen LogP contribution is -2.35. The van der Waals surface area contributed by atoms with Crippen molar-refractivity contribution in [1.29, 1.82) is 0 Å². The number of hydrogen-bond acceptors (Lipinski definition) is 5. The number of nitrogens with zero attached hydrogens (tertiary/aromatic N) is 2. The van der Waals surface area contributed by atoms with Crippen LogP contribution in [0.5, 0.6) is 0 Å². The van der Waals surface area contributed by atoms with Crippen molar-refractivity contribution in [2.24, 2.45) is 11.8 Å². The summed E-state index contributed by atoms with van der Waals surface area (Å²) in [6, 6.07) is 0.506. The smallest absolute Gasteiger partial charge is 0.321 e. The summed E-state index contributed by atoms with van der Waals surface area (Å²) in [6.07, 6.45) is 4.27. The van der Waals surface area contributed by atoms with Crippen molar-refractivity contribution < 1.29 is 9.26 Å². The Hall–Kier alpha value is -1.10. The van der Waals surface area contributed by atoms with E-state index in [1.165, 1.54) is 0 Å². The molecule has 1 saturated carbocycles. The molecule has 5 heteroatoms. The van der Waals surface area contributed by atoms with Crippen molar-refractivity contribution in [2.75, 3.05) is 18.5 Å². The molecule has 1 aromatic heterocycles. The lowest BCUT2D eigenvalue weighted by molar-refractivity contribution is -0.0847. The molecule has 20 heavy (non-hydrogen) atoms. The molecular weight excluding hydrogens is 254 g/mol. The summed E-state index contributed by atoms with van der Waals surface area (Å²) in [5, 5.41) is 7.34. The molecular formula is C15H27N3O2. The Bertz CT molecular complexity index is 409. The number of nitrogens with one attached hydrogen (secondary N) is 1. The lowest BCUT2D eigenvalue weighted by atomic mass is 9.79. The third-order valence-corrected chi connectivity index (χ3v) is 4.00. The topological polar surface area (TPSA) is 60.2 Å². The van der Waals surface area contributed by atoms with Crippen LogP contribution < -0.4 is 5.32 Å². The van der Waals surface area contributed by atoms with Gasteiger partial charge in [-0.25, -0.2) is 0 Å². The largest absolute Gasteiger partial charge is 0.367 e. The molecule has 2 rings (SSSR count). The number of ether oxygens (including phenoxy) is 1. The molecule has 114 valence electrons. The predicted molar refractivity (Wildman–Crippen MR) is 78.6 cm³/mol. The fraction of sp³-hybridized carbons (Fsp3) is 0.867. The fourth-order valence-corrected chi connectivity index (χ4v) is 2.71. The van der Waals surface area contributed by atoms with Crippen molar-refractivity contribution in [2.45, 2.75) is 59.0 Å². The van der Waals surface area contributed by atoms with Crippen LogP contribution in [0.25, 0.3) is 0 Å². The van der Waals surface area contributed by atoms with Crippen LogP contribution in [-0.2, 0) is 10.3 Å². The lowest BCUT2D eigenvalue weighted by Gasteiger charge is -2.36. The zero-order chi connectivity index (χ0) is 14.6. The molecule has 0 aliphatic heterocycles. The molecule has 0 unspecified atom stereocenters. The molecule has 0 saturated heterocycles. The maximum atomic E-state index is 6.03. The maximum Gasteiger partial charge on any atom is 0.321 e. The first-order chi connectivity index (χ1) is 9.55. The second-order valence-electron chi connectivity index (χ2n) is 6.31. The molecule has 0 bridgehead atoms. The Kier molecular flexibility index (Phi) is 5.02. The SMILES string of the molecule is CCOC1(c2noc(NCC(C)C)n2)CCC(C)CC1. The molecule has 1 aromatic rings. The van der Waals surface area contributed by atoms with Crippen LogP contribution >= 0.6 is 0 Å². The second kappa shape index (κ2) is 6.57. The van der Waals surface area contributed by atoms with Gasteiger partial charge in [0.25, 0.3) is 0 Å². The summed E-state index contributed by atoms with van der Waals surface area (Å²) in [4.78, 5) is 4.51. The van der Waals surface area contributed by atoms with Crippen LogP contribution in [0.3, 0.4) is 0 Å². The van der Waals surface area contributed by atoms with Gasteiger partial charge in [0.1, 0.15) is 5.60 Å². The summed E-state index contributed by atoms with van der Waals surface area (Å²) in [6.45, 7) is 10.1. The molecule has 0 atom stereocenters. The Morgan fingerprint density at radius 3 is 2.70 bits per heavy atom. The maximum absolute atomic E-state index is 6.03. The molecule has 1 heterocycles. The third-order valence-electron chi connectivity index (χ3n) is 4.00. The molecule has 1 fully saturated rings. The van der Waals surface area contributed by atoms with E-state index in [1.807, 2.05) is 6.92 Å².